The number of anilines is 5. The van der Waals surface area contributed by atoms with Crippen LogP contribution in [0.3, 0.4) is 0 Å². The van der Waals surface area contributed by atoms with E-state index in [2.05, 4.69) is 44.7 Å². The Morgan fingerprint density at radius 3 is 1.43 bits per heavy atom. The van der Waals surface area contributed by atoms with Gasteiger partial charge in [0.15, 0.2) is 23.3 Å². The highest BCUT2D eigenvalue weighted by atomic mass is 35.5. The van der Waals surface area contributed by atoms with Gasteiger partial charge in [-0.1, -0.05) is 49.2 Å². The lowest BCUT2D eigenvalue weighted by molar-refractivity contribution is 0.0654. The van der Waals surface area contributed by atoms with Crippen LogP contribution in [0.15, 0.2) is 60.7 Å². The van der Waals surface area contributed by atoms with Crippen molar-refractivity contribution < 1.29 is 9.47 Å². The molecule has 0 saturated carbocycles. The van der Waals surface area contributed by atoms with E-state index in [0.717, 1.165) is 134 Å². The molecule has 0 spiro atoms. The standard InChI is InChI=1S/C26H33N7O.C20H21ClN6.C7H14O/c1-31(2)26-22(27-20-8-4-5-9-21(20)28-26)10-11-23-29-24(32(3)19-12-16-34-17-13-19)18-25(30-23)33-14-6-7-15-33;1-26(2)20-16(22-14-7-3-4-8-15(14)23-20)9-10-18-24-17(21)13-19(25-18)27-11-5-6-12-27;1-2-7-3-5-8-6-4-7/h4-5,8-11,18-19H,6-7,12-17H2,1-3H3;3-4,7-10,13H,5-6,11-12H2,1-2H3;7H,2-6H2,1H3/b11-10+;10-9+;. The van der Waals surface area contributed by atoms with E-state index in [1.165, 1.54) is 44.9 Å². The molecular weight excluding hydrogens is 886 g/mol. The van der Waals surface area contributed by atoms with Crippen molar-refractivity contribution in [2.45, 2.75) is 70.8 Å². The summed E-state index contributed by atoms with van der Waals surface area (Å²) < 4.78 is 10.8. The first kappa shape index (κ1) is 49.4. The number of hydrogen-bond donors (Lipinski definition) is 0. The maximum absolute atomic E-state index is 6.22. The smallest absolute Gasteiger partial charge is 0.156 e. The van der Waals surface area contributed by atoms with Crippen molar-refractivity contribution in [3.05, 3.63) is 88.9 Å². The van der Waals surface area contributed by atoms with E-state index in [-0.39, 0.29) is 0 Å². The van der Waals surface area contributed by atoms with Crippen LogP contribution in [-0.2, 0) is 9.47 Å². The average molecular weight is 955 g/mol. The normalized spacial score (nSPS) is 16.8. The minimum Gasteiger partial charge on any atom is -0.381 e. The van der Waals surface area contributed by atoms with Crippen molar-refractivity contribution >= 4 is 87.1 Å². The van der Waals surface area contributed by atoms with Crippen molar-refractivity contribution in [1.82, 2.24) is 39.9 Å². The summed E-state index contributed by atoms with van der Waals surface area (Å²) in [5.41, 5.74) is 5.06. The van der Waals surface area contributed by atoms with Gasteiger partial charge in [-0.05, 0) is 106 Å². The van der Waals surface area contributed by atoms with Crippen molar-refractivity contribution in [2.24, 2.45) is 5.92 Å². The molecule has 0 bridgehead atoms. The third-order valence-electron chi connectivity index (χ3n) is 13.1. The van der Waals surface area contributed by atoms with E-state index in [1.54, 1.807) is 0 Å². The Bertz CT molecular complexity index is 2670. The zero-order chi connectivity index (χ0) is 48.1. The fraction of sp³-hybridized carbons (Fsp3) is 0.472. The van der Waals surface area contributed by atoms with Gasteiger partial charge in [-0.2, -0.15) is 0 Å². The molecule has 15 nitrogen and oxygen atoms in total. The van der Waals surface area contributed by atoms with Gasteiger partial charge in [-0.25, -0.2) is 39.9 Å². The van der Waals surface area contributed by atoms with E-state index in [0.29, 0.717) is 22.8 Å². The van der Waals surface area contributed by atoms with Gasteiger partial charge in [-0.15, -0.1) is 0 Å². The molecule has 4 aliphatic heterocycles. The molecule has 0 unspecified atom stereocenters. The van der Waals surface area contributed by atoms with Crippen LogP contribution >= 0.6 is 11.6 Å². The number of halogens is 1. The van der Waals surface area contributed by atoms with Crippen LogP contribution in [0.4, 0.5) is 29.1 Å². The van der Waals surface area contributed by atoms with Gasteiger partial charge in [0.25, 0.3) is 0 Å². The number of para-hydroxylation sites is 4. The Balaban J connectivity index is 0.000000163. The lowest BCUT2D eigenvalue weighted by atomic mass is 9.98. The minimum atomic E-state index is 0.429. The third kappa shape index (κ3) is 13.2. The SMILES string of the molecule is CCC1CCOCC1.CN(C)c1nc2ccccc2nc1/C=C/c1nc(Cl)cc(N2CCCC2)n1.CN(C)c1nc2ccccc2nc1/C=C/c1nc(N2CCCC2)cc(N(C)C2CCOCC2)n1. The average Bonchev–Trinajstić information content (AvgIpc) is 4.14. The summed E-state index contributed by atoms with van der Waals surface area (Å²) >= 11 is 6.22. The number of ether oxygens (including phenoxy) is 2. The molecular formula is C53H68ClN13O2. The van der Waals surface area contributed by atoms with E-state index < -0.39 is 0 Å². The lowest BCUT2D eigenvalue weighted by Gasteiger charge is -2.32. The third-order valence-corrected chi connectivity index (χ3v) is 13.3. The Kier molecular flexibility index (Phi) is 17.2. The zero-order valence-electron chi connectivity index (χ0n) is 41.3. The van der Waals surface area contributed by atoms with E-state index >= 15 is 0 Å². The van der Waals surface area contributed by atoms with Crippen LogP contribution in [0, 0.1) is 5.92 Å². The summed E-state index contributed by atoms with van der Waals surface area (Å²) in [4.78, 5) is 48.8. The van der Waals surface area contributed by atoms with Crippen molar-refractivity contribution in [3.63, 3.8) is 0 Å². The maximum Gasteiger partial charge on any atom is 0.156 e. The molecule has 0 amide bonds. The molecule has 69 heavy (non-hydrogen) atoms. The first-order valence-corrected chi connectivity index (χ1v) is 25.1. The second kappa shape index (κ2) is 24.0. The monoisotopic (exact) mass is 954 g/mol. The molecule has 0 atom stereocenters. The van der Waals surface area contributed by atoms with Crippen molar-refractivity contribution in [2.75, 3.05) is 112 Å². The van der Waals surface area contributed by atoms with Crippen LogP contribution in [0.2, 0.25) is 5.15 Å². The molecule has 4 saturated heterocycles. The fourth-order valence-electron chi connectivity index (χ4n) is 9.02. The minimum absolute atomic E-state index is 0.429. The number of benzene rings is 2. The molecule has 0 radical (unpaired) electrons. The van der Waals surface area contributed by atoms with Crippen LogP contribution in [0.25, 0.3) is 46.4 Å². The number of rotatable bonds is 11. The molecule has 4 aromatic heterocycles. The van der Waals surface area contributed by atoms with Gasteiger partial charge in [0.05, 0.1) is 22.1 Å². The molecule has 16 heteroatoms. The molecule has 364 valence electrons. The predicted octanol–water partition coefficient (Wildman–Crippen LogP) is 9.60. The molecule has 0 N–H and O–H groups in total. The topological polar surface area (TPSA) is 138 Å². The van der Waals surface area contributed by atoms with Crippen LogP contribution in [0.5, 0.6) is 0 Å². The highest BCUT2D eigenvalue weighted by molar-refractivity contribution is 6.29. The maximum atomic E-state index is 6.22. The molecule has 6 aromatic rings. The van der Waals surface area contributed by atoms with Gasteiger partial charge in [0.1, 0.15) is 34.0 Å². The van der Waals surface area contributed by atoms with Gasteiger partial charge >= 0.3 is 0 Å². The molecule has 10 rings (SSSR count). The number of hydrogen-bond acceptors (Lipinski definition) is 15. The zero-order valence-corrected chi connectivity index (χ0v) is 42.0. The lowest BCUT2D eigenvalue weighted by Crippen LogP contribution is -2.37. The summed E-state index contributed by atoms with van der Waals surface area (Å²) in [6.07, 6.45) is 18.4. The molecule has 8 heterocycles. The van der Waals surface area contributed by atoms with Crippen LogP contribution < -0.4 is 24.5 Å². The first-order chi connectivity index (χ1) is 33.6. The van der Waals surface area contributed by atoms with Crippen LogP contribution in [0.1, 0.15) is 87.7 Å². The number of aromatic nitrogens is 8. The van der Waals surface area contributed by atoms with E-state index in [9.17, 15) is 0 Å². The quantitative estimate of drug-likeness (QED) is 0.114. The van der Waals surface area contributed by atoms with Crippen LogP contribution in [-0.4, -0.2) is 134 Å². The highest BCUT2D eigenvalue weighted by Gasteiger charge is 2.23. The number of nitrogens with zero attached hydrogens (tertiary/aromatic N) is 13. The summed E-state index contributed by atoms with van der Waals surface area (Å²) in [6.45, 7) is 9.98. The summed E-state index contributed by atoms with van der Waals surface area (Å²) in [5, 5.41) is 0.448. The summed E-state index contributed by atoms with van der Waals surface area (Å²) in [5.74, 6) is 6.69. The Labute approximate surface area is 412 Å². The molecule has 4 fully saturated rings. The second-order valence-electron chi connectivity index (χ2n) is 18.5. The molecule has 4 aliphatic rings. The van der Waals surface area contributed by atoms with E-state index in [4.69, 9.17) is 51.0 Å². The first-order valence-electron chi connectivity index (χ1n) is 24.7. The number of fused-ring (bicyclic) bond motifs is 2. The molecule has 0 aliphatic carbocycles. The summed E-state index contributed by atoms with van der Waals surface area (Å²) in [7, 11) is 10.0. The largest absolute Gasteiger partial charge is 0.381 e. The predicted molar refractivity (Wildman–Crippen MR) is 284 cm³/mol. The van der Waals surface area contributed by atoms with Crippen molar-refractivity contribution in [1.29, 1.82) is 0 Å². The van der Waals surface area contributed by atoms with Gasteiger partial charge in [-0.3, -0.25) is 0 Å². The van der Waals surface area contributed by atoms with Crippen molar-refractivity contribution in [3.8, 4) is 0 Å². The van der Waals surface area contributed by atoms with Gasteiger partial charge in [0.2, 0.25) is 0 Å². The Morgan fingerprint density at radius 1 is 0.551 bits per heavy atom. The highest BCUT2D eigenvalue weighted by Crippen LogP contribution is 2.28. The van der Waals surface area contributed by atoms with Gasteiger partial charge in [0, 0.05) is 106 Å². The summed E-state index contributed by atoms with van der Waals surface area (Å²) in [6, 6.07) is 20.2. The van der Waals surface area contributed by atoms with Gasteiger partial charge < -0.3 is 34.0 Å². The molecule has 2 aromatic carbocycles. The second-order valence-corrected chi connectivity index (χ2v) is 18.8. The Hall–Kier alpha value is -6.03. The van der Waals surface area contributed by atoms with E-state index in [1.807, 2.05) is 117 Å². The Morgan fingerprint density at radius 2 is 0.986 bits per heavy atom. The fourth-order valence-corrected chi connectivity index (χ4v) is 9.20.